The summed E-state index contributed by atoms with van der Waals surface area (Å²) < 4.78 is 41.7. The summed E-state index contributed by atoms with van der Waals surface area (Å²) in [5.41, 5.74) is 0. The van der Waals surface area contributed by atoms with Crippen LogP contribution in [0.2, 0.25) is 0 Å². The number of hydrogen-bond acceptors (Lipinski definition) is 3. The Morgan fingerprint density at radius 1 is 1.29 bits per heavy atom. The van der Waals surface area contributed by atoms with Gasteiger partial charge in [0, 0.05) is 0 Å². The minimum absolute atomic E-state index is 0. The molecular weight excluding hydrogens is 238 g/mol. The molecule has 1 aromatic carbocycles. The van der Waals surface area contributed by atoms with Crippen molar-refractivity contribution in [3.8, 4) is 11.5 Å². The lowest BCUT2D eigenvalue weighted by atomic mass is 9.99. The van der Waals surface area contributed by atoms with E-state index in [4.69, 9.17) is 15.0 Å². The molecule has 0 radical (unpaired) electrons. The van der Waals surface area contributed by atoms with E-state index in [9.17, 15) is 0 Å². The normalized spacial score (nSPS) is 19.4. The Kier molecular flexibility index (Phi) is 3.95. The van der Waals surface area contributed by atoms with Crippen LogP contribution in [0.15, 0.2) is 24.2 Å². The summed E-state index contributed by atoms with van der Waals surface area (Å²) in [5, 5.41) is 3.27. The maximum absolute atomic E-state index is 7.89. The lowest BCUT2D eigenvalue weighted by Gasteiger charge is -2.23. The molecule has 0 unspecified atom stereocenters. The number of piperidine rings is 1. The van der Waals surface area contributed by atoms with Crippen LogP contribution in [0, 0.1) is 5.92 Å². The molecule has 0 bridgehead atoms. The summed E-state index contributed by atoms with van der Waals surface area (Å²) in [6, 6.07) is -0.984. The van der Waals surface area contributed by atoms with Gasteiger partial charge in [0.05, 0.1) is 19.2 Å². The third kappa shape index (κ3) is 4.10. The van der Waals surface area contributed by atoms with Crippen LogP contribution in [-0.4, -0.2) is 26.8 Å². The Balaban J connectivity index is 0.00000220. The molecule has 0 spiro atoms. The number of rotatable bonds is 4. The van der Waals surface area contributed by atoms with Gasteiger partial charge in [0.1, 0.15) is 0 Å². The van der Waals surface area contributed by atoms with Crippen molar-refractivity contribution in [2.24, 2.45) is 5.92 Å². The predicted molar refractivity (Wildman–Crippen MR) is 71.3 cm³/mol. The van der Waals surface area contributed by atoms with Crippen molar-refractivity contribution in [1.82, 2.24) is 5.32 Å². The highest BCUT2D eigenvalue weighted by molar-refractivity contribution is 5.85. The summed E-state index contributed by atoms with van der Waals surface area (Å²) in [4.78, 5) is 0. The van der Waals surface area contributed by atoms with Gasteiger partial charge >= 0.3 is 0 Å². The molecule has 1 heterocycles. The first-order valence-corrected chi connectivity index (χ1v) is 5.54. The van der Waals surface area contributed by atoms with Gasteiger partial charge in [-0.15, -0.1) is 12.4 Å². The molecule has 3 nitrogen and oxygen atoms in total. The highest BCUT2D eigenvalue weighted by Crippen LogP contribution is 2.26. The quantitative estimate of drug-likeness (QED) is 0.903. The van der Waals surface area contributed by atoms with Gasteiger partial charge < -0.3 is 14.8 Å². The second kappa shape index (κ2) is 7.41. The van der Waals surface area contributed by atoms with Gasteiger partial charge in [-0.3, -0.25) is 0 Å². The summed E-state index contributed by atoms with van der Waals surface area (Å²) >= 11 is 0. The molecule has 0 saturated carbocycles. The molecule has 1 aliphatic rings. The fourth-order valence-electron chi connectivity index (χ4n) is 1.78. The molecule has 1 aromatic rings. The minimum atomic E-state index is -0.305. The Hall–Kier alpha value is -0.930. The number of methoxy groups -OCH3 is 1. The van der Waals surface area contributed by atoms with E-state index in [2.05, 4.69) is 5.32 Å². The summed E-state index contributed by atoms with van der Waals surface area (Å²) in [5.74, 6) is 0.585. The summed E-state index contributed by atoms with van der Waals surface area (Å²) in [7, 11) is 1.38. The molecule has 0 amide bonds. The molecule has 1 saturated heterocycles. The van der Waals surface area contributed by atoms with Crippen LogP contribution >= 0.6 is 12.4 Å². The van der Waals surface area contributed by atoms with Crippen molar-refractivity contribution < 1.29 is 15.0 Å². The van der Waals surface area contributed by atoms with Gasteiger partial charge in [0.2, 0.25) is 0 Å². The third-order valence-corrected chi connectivity index (χ3v) is 2.75. The van der Waals surface area contributed by atoms with Crippen LogP contribution in [0.25, 0.3) is 0 Å². The van der Waals surface area contributed by atoms with Crippen molar-refractivity contribution in [3.05, 3.63) is 24.2 Å². The number of halogens is 1. The lowest BCUT2D eigenvalue weighted by Crippen LogP contribution is -2.30. The summed E-state index contributed by atoms with van der Waals surface area (Å²) in [6.45, 7) is 2.36. The smallest absolute Gasteiger partial charge is 0.161 e. The van der Waals surface area contributed by atoms with Gasteiger partial charge in [-0.1, -0.05) is 12.1 Å². The van der Waals surface area contributed by atoms with Gasteiger partial charge in [-0.2, -0.15) is 0 Å². The molecule has 0 aliphatic carbocycles. The monoisotopic (exact) mass is 261 g/mol. The van der Waals surface area contributed by atoms with E-state index in [1.807, 2.05) is 0 Å². The number of ether oxygens (including phenoxy) is 2. The highest BCUT2D eigenvalue weighted by atomic mass is 35.5. The standard InChI is InChI=1S/C13H19NO2.ClH/c1-15-12-4-2-3-5-13(12)16-10-11-6-8-14-9-7-11;/h2-5,11,14H,6-10H2,1H3;1H/i2D,3D,4D,5D;. The van der Waals surface area contributed by atoms with Gasteiger partial charge in [-0.25, -0.2) is 0 Å². The minimum Gasteiger partial charge on any atom is -0.493 e. The lowest BCUT2D eigenvalue weighted by molar-refractivity contribution is 0.208. The zero-order chi connectivity index (χ0) is 14.7. The van der Waals surface area contributed by atoms with Crippen LogP contribution in [0.3, 0.4) is 0 Å². The number of benzene rings is 1. The molecule has 1 fully saturated rings. The van der Waals surface area contributed by atoms with E-state index < -0.39 is 0 Å². The van der Waals surface area contributed by atoms with Crippen molar-refractivity contribution in [3.63, 3.8) is 0 Å². The van der Waals surface area contributed by atoms with Gasteiger partial charge in [-0.05, 0) is 43.9 Å². The average molecular weight is 262 g/mol. The fourth-order valence-corrected chi connectivity index (χ4v) is 1.78. The Labute approximate surface area is 115 Å². The Bertz CT molecular complexity index is 496. The number of para-hydroxylation sites is 2. The first-order chi connectivity index (χ1) is 9.56. The molecule has 96 valence electrons. The molecule has 1 aliphatic heterocycles. The topological polar surface area (TPSA) is 30.5 Å². The molecular formula is C13H20ClNO2. The SMILES string of the molecule is Cl.[2H]c1c([2H])c([2H])c(OCC2CCNCC2)c(OC)c1[2H]. The highest BCUT2D eigenvalue weighted by Gasteiger charge is 2.14. The van der Waals surface area contributed by atoms with Crippen LogP contribution < -0.4 is 14.8 Å². The molecule has 2 rings (SSSR count). The largest absolute Gasteiger partial charge is 0.493 e. The average Bonchev–Trinajstić information content (AvgIpc) is 2.48. The Morgan fingerprint density at radius 3 is 2.59 bits per heavy atom. The van der Waals surface area contributed by atoms with Crippen molar-refractivity contribution in [1.29, 1.82) is 0 Å². The maximum Gasteiger partial charge on any atom is 0.161 e. The molecule has 4 heteroatoms. The van der Waals surface area contributed by atoms with Gasteiger partial charge in [0.25, 0.3) is 0 Å². The Morgan fingerprint density at radius 2 is 1.94 bits per heavy atom. The molecule has 17 heavy (non-hydrogen) atoms. The molecule has 1 N–H and O–H groups in total. The van der Waals surface area contributed by atoms with E-state index >= 15 is 0 Å². The van der Waals surface area contributed by atoms with Crippen molar-refractivity contribution in [2.75, 3.05) is 26.8 Å². The molecule has 0 atom stereocenters. The van der Waals surface area contributed by atoms with Crippen LogP contribution in [0.5, 0.6) is 11.5 Å². The van der Waals surface area contributed by atoms with Crippen LogP contribution in [-0.2, 0) is 0 Å². The van der Waals surface area contributed by atoms with Crippen molar-refractivity contribution >= 4 is 12.4 Å². The summed E-state index contributed by atoms with van der Waals surface area (Å²) in [6.07, 6.45) is 2.02. The second-order valence-corrected chi connectivity index (χ2v) is 3.87. The fraction of sp³-hybridized carbons (Fsp3) is 0.538. The maximum atomic E-state index is 7.89. The van der Waals surface area contributed by atoms with E-state index in [1.54, 1.807) is 0 Å². The molecule has 0 aromatic heterocycles. The van der Waals surface area contributed by atoms with E-state index in [0.29, 0.717) is 12.5 Å². The van der Waals surface area contributed by atoms with Crippen molar-refractivity contribution in [2.45, 2.75) is 12.8 Å². The number of nitrogens with one attached hydrogen (secondary N) is 1. The van der Waals surface area contributed by atoms with Crippen LogP contribution in [0.4, 0.5) is 0 Å². The first kappa shape index (κ1) is 9.06. The zero-order valence-corrected chi connectivity index (χ0v) is 10.7. The van der Waals surface area contributed by atoms with E-state index in [-0.39, 0.29) is 48.1 Å². The first-order valence-electron chi connectivity index (χ1n) is 7.54. The van der Waals surface area contributed by atoms with Crippen LogP contribution in [0.1, 0.15) is 18.3 Å². The van der Waals surface area contributed by atoms with E-state index in [1.165, 1.54) is 7.11 Å². The zero-order valence-electron chi connectivity index (χ0n) is 13.8. The van der Waals surface area contributed by atoms with Gasteiger partial charge in [0.15, 0.2) is 11.5 Å². The second-order valence-electron chi connectivity index (χ2n) is 3.87. The van der Waals surface area contributed by atoms with E-state index in [0.717, 1.165) is 25.9 Å². The predicted octanol–water partition coefficient (Wildman–Crippen LogP) is 2.50. The number of hydrogen-bond donors (Lipinski definition) is 1. The third-order valence-electron chi connectivity index (χ3n) is 2.75.